The van der Waals surface area contributed by atoms with Gasteiger partial charge in [-0.05, 0) is 36.1 Å². The van der Waals surface area contributed by atoms with Crippen molar-refractivity contribution in [2.75, 3.05) is 7.11 Å². The summed E-state index contributed by atoms with van der Waals surface area (Å²) in [6.45, 7) is 0. The smallest absolute Gasteiger partial charge is 0.260 e. The fourth-order valence-electron chi connectivity index (χ4n) is 3.41. The van der Waals surface area contributed by atoms with Crippen molar-refractivity contribution in [3.63, 3.8) is 0 Å². The highest BCUT2D eigenvalue weighted by Gasteiger charge is 2.37. The number of hydrogen-bond acceptors (Lipinski definition) is 6. The van der Waals surface area contributed by atoms with E-state index in [1.165, 1.54) is 13.2 Å². The summed E-state index contributed by atoms with van der Waals surface area (Å²) in [6, 6.07) is 4.85. The molecule has 114 valence electrons. The molecule has 6 nitrogen and oxygen atoms in total. The van der Waals surface area contributed by atoms with E-state index in [0.717, 1.165) is 28.7 Å². The van der Waals surface area contributed by atoms with E-state index in [4.69, 9.17) is 9.47 Å². The van der Waals surface area contributed by atoms with E-state index in [-0.39, 0.29) is 17.2 Å². The first-order chi connectivity index (χ1) is 10.6. The predicted molar refractivity (Wildman–Crippen MR) is 76.3 cm³/mol. The second-order valence-corrected chi connectivity index (χ2v) is 5.41. The van der Waals surface area contributed by atoms with Crippen LogP contribution in [-0.2, 0) is 17.7 Å². The maximum Gasteiger partial charge on any atom is 0.260 e. The zero-order valence-corrected chi connectivity index (χ0v) is 11.8. The molecule has 22 heavy (non-hydrogen) atoms. The summed E-state index contributed by atoms with van der Waals surface area (Å²) >= 11 is 0. The van der Waals surface area contributed by atoms with E-state index < -0.39 is 6.29 Å². The second-order valence-electron chi connectivity index (χ2n) is 5.41. The summed E-state index contributed by atoms with van der Waals surface area (Å²) in [4.78, 5) is 4.44. The van der Waals surface area contributed by atoms with Gasteiger partial charge < -0.3 is 19.7 Å². The third-order valence-corrected chi connectivity index (χ3v) is 4.23. The molecule has 0 radical (unpaired) electrons. The SMILES string of the molecule is COc1c(O)cc2c3c1[C@@H](OO)Oc1cc(O)cc(c1-3)CC2. The number of phenols is 2. The Bertz CT molecular complexity index is 783. The molecule has 2 aromatic rings. The van der Waals surface area contributed by atoms with Gasteiger partial charge in [-0.2, -0.15) is 4.89 Å². The highest BCUT2D eigenvalue weighted by molar-refractivity contribution is 5.86. The summed E-state index contributed by atoms with van der Waals surface area (Å²) < 4.78 is 10.9. The van der Waals surface area contributed by atoms with Crippen LogP contribution in [0.25, 0.3) is 11.1 Å². The monoisotopic (exact) mass is 302 g/mol. The van der Waals surface area contributed by atoms with Crippen molar-refractivity contribution in [2.24, 2.45) is 0 Å². The summed E-state index contributed by atoms with van der Waals surface area (Å²) in [5.41, 5.74) is 4.02. The van der Waals surface area contributed by atoms with Gasteiger partial charge in [-0.1, -0.05) is 0 Å². The van der Waals surface area contributed by atoms with Crippen molar-refractivity contribution < 1.29 is 29.8 Å². The average molecular weight is 302 g/mol. The van der Waals surface area contributed by atoms with Crippen molar-refractivity contribution in [2.45, 2.75) is 19.1 Å². The highest BCUT2D eigenvalue weighted by atomic mass is 17.1. The van der Waals surface area contributed by atoms with Crippen molar-refractivity contribution in [1.82, 2.24) is 0 Å². The van der Waals surface area contributed by atoms with Gasteiger partial charge in [0.05, 0.1) is 12.7 Å². The minimum atomic E-state index is -1.13. The Morgan fingerprint density at radius 2 is 1.82 bits per heavy atom. The van der Waals surface area contributed by atoms with Crippen LogP contribution in [0.15, 0.2) is 18.2 Å². The van der Waals surface area contributed by atoms with E-state index >= 15 is 0 Å². The molecule has 0 saturated heterocycles. The molecule has 0 aromatic heterocycles. The first-order valence-electron chi connectivity index (χ1n) is 6.90. The van der Waals surface area contributed by atoms with Crippen molar-refractivity contribution >= 4 is 0 Å². The first-order valence-corrected chi connectivity index (χ1v) is 6.90. The molecule has 1 atom stereocenters. The fraction of sp³-hybridized carbons (Fsp3) is 0.250. The quantitative estimate of drug-likeness (QED) is 0.584. The minimum absolute atomic E-state index is 0.0208. The third kappa shape index (κ3) is 1.62. The van der Waals surface area contributed by atoms with Crippen LogP contribution >= 0.6 is 0 Å². The molecular formula is C16H14O6. The Hall–Kier alpha value is -2.44. The van der Waals surface area contributed by atoms with Gasteiger partial charge in [0, 0.05) is 17.2 Å². The summed E-state index contributed by atoms with van der Waals surface area (Å²) in [5, 5.41) is 29.2. The number of benzene rings is 2. The van der Waals surface area contributed by atoms with E-state index in [0.29, 0.717) is 17.7 Å². The van der Waals surface area contributed by atoms with Gasteiger partial charge in [0.25, 0.3) is 6.29 Å². The molecule has 0 unspecified atom stereocenters. The predicted octanol–water partition coefficient (Wildman–Crippen LogP) is 2.75. The van der Waals surface area contributed by atoms with Crippen LogP contribution in [0.4, 0.5) is 0 Å². The van der Waals surface area contributed by atoms with Crippen molar-refractivity contribution in [3.8, 4) is 34.1 Å². The Morgan fingerprint density at radius 3 is 2.50 bits per heavy atom. The van der Waals surface area contributed by atoms with E-state index in [2.05, 4.69) is 4.89 Å². The summed E-state index contributed by atoms with van der Waals surface area (Å²) in [5.74, 6) is 0.732. The molecule has 6 heteroatoms. The molecule has 3 N–H and O–H groups in total. The average Bonchev–Trinajstić information content (AvgIpc) is 2.51. The van der Waals surface area contributed by atoms with E-state index in [1.807, 2.05) is 0 Å². The molecule has 4 rings (SSSR count). The first kappa shape index (κ1) is 13.2. The number of hydrogen-bond donors (Lipinski definition) is 3. The van der Waals surface area contributed by atoms with Gasteiger partial charge in [-0.25, -0.2) is 5.26 Å². The Labute approximate surface area is 126 Å². The van der Waals surface area contributed by atoms with Crippen LogP contribution in [0.5, 0.6) is 23.0 Å². The maximum absolute atomic E-state index is 10.1. The van der Waals surface area contributed by atoms with Gasteiger partial charge in [-0.15, -0.1) is 0 Å². The number of aryl methyl sites for hydroxylation is 2. The van der Waals surface area contributed by atoms with Gasteiger partial charge in [-0.3, -0.25) is 0 Å². The molecule has 0 spiro atoms. The largest absolute Gasteiger partial charge is 0.508 e. The molecule has 1 heterocycles. The van der Waals surface area contributed by atoms with Crippen LogP contribution in [-0.4, -0.2) is 22.6 Å². The number of aromatic hydroxyl groups is 2. The number of methoxy groups -OCH3 is 1. The molecule has 1 aliphatic heterocycles. The molecule has 0 bridgehead atoms. The molecule has 2 aromatic carbocycles. The minimum Gasteiger partial charge on any atom is -0.508 e. The van der Waals surface area contributed by atoms with Gasteiger partial charge >= 0.3 is 0 Å². The zero-order chi connectivity index (χ0) is 15.4. The Kier molecular flexibility index (Phi) is 2.72. The summed E-state index contributed by atoms with van der Waals surface area (Å²) in [6.07, 6.45) is 0.299. The lowest BCUT2D eigenvalue weighted by Gasteiger charge is -2.33. The Morgan fingerprint density at radius 1 is 1.09 bits per heavy atom. The van der Waals surface area contributed by atoms with Crippen LogP contribution in [0, 0.1) is 0 Å². The Balaban J connectivity index is 2.11. The van der Waals surface area contributed by atoms with Gasteiger partial charge in [0.1, 0.15) is 11.5 Å². The van der Waals surface area contributed by atoms with Crippen molar-refractivity contribution in [3.05, 3.63) is 34.9 Å². The molecule has 0 saturated carbocycles. The number of ether oxygens (including phenoxy) is 2. The van der Waals surface area contributed by atoms with Crippen LogP contribution < -0.4 is 9.47 Å². The maximum atomic E-state index is 10.1. The van der Waals surface area contributed by atoms with Gasteiger partial charge in [0.15, 0.2) is 11.5 Å². The number of rotatable bonds is 2. The van der Waals surface area contributed by atoms with E-state index in [9.17, 15) is 15.5 Å². The highest BCUT2D eigenvalue weighted by Crippen LogP contribution is 2.54. The van der Waals surface area contributed by atoms with Gasteiger partial charge in [0.2, 0.25) is 0 Å². The number of phenolic OH excluding ortho intramolecular Hbond substituents is 2. The lowest BCUT2D eigenvalue weighted by Crippen LogP contribution is -2.21. The zero-order valence-electron chi connectivity index (χ0n) is 11.8. The molecular weight excluding hydrogens is 288 g/mol. The molecule has 0 amide bonds. The second kappa shape index (κ2) is 4.53. The van der Waals surface area contributed by atoms with Crippen molar-refractivity contribution in [1.29, 1.82) is 0 Å². The lowest BCUT2D eigenvalue weighted by atomic mass is 9.80. The standard InChI is InChI=1S/C16H14O6/c1-20-15-10(18)5-8-3-2-7-4-9(17)6-11-12(7)13(8)14(15)16(21-11)22-19/h4-6,16-19H,2-3H2,1H3/t16-/m1/s1. The fourth-order valence-corrected chi connectivity index (χ4v) is 3.41. The lowest BCUT2D eigenvalue weighted by molar-refractivity contribution is -0.330. The van der Waals surface area contributed by atoms with Crippen LogP contribution in [0.3, 0.4) is 0 Å². The topological polar surface area (TPSA) is 88.4 Å². The van der Waals surface area contributed by atoms with Crippen LogP contribution in [0.2, 0.25) is 0 Å². The van der Waals surface area contributed by atoms with E-state index in [1.54, 1.807) is 12.1 Å². The normalized spacial score (nSPS) is 17.6. The molecule has 1 aliphatic carbocycles. The molecule has 0 fully saturated rings. The molecule has 2 aliphatic rings. The summed E-state index contributed by atoms with van der Waals surface area (Å²) in [7, 11) is 1.43. The third-order valence-electron chi connectivity index (χ3n) is 4.23. The van der Waals surface area contributed by atoms with Crippen LogP contribution in [0.1, 0.15) is 23.0 Å².